The van der Waals surface area contributed by atoms with Crippen molar-refractivity contribution in [2.75, 3.05) is 37.6 Å². The van der Waals surface area contributed by atoms with Crippen molar-refractivity contribution in [1.82, 2.24) is 15.2 Å². The van der Waals surface area contributed by atoms with Crippen molar-refractivity contribution in [2.24, 2.45) is 0 Å². The molecule has 1 saturated heterocycles. The molecular formula is C26H27FN4O3. The van der Waals surface area contributed by atoms with Crippen LogP contribution in [0.3, 0.4) is 0 Å². The SMILES string of the molecule is CCCNC(=O)c1ccc(N2CCN(C(=O)c3ccc(-c4cncc(O)c4)c(F)c3)CC2)cc1. The molecule has 0 aliphatic carbocycles. The van der Waals surface area contributed by atoms with E-state index in [4.69, 9.17) is 0 Å². The number of carbonyl (C=O) groups excluding carboxylic acids is 2. The maximum Gasteiger partial charge on any atom is 0.254 e. The second-order valence-corrected chi connectivity index (χ2v) is 8.21. The highest BCUT2D eigenvalue weighted by Gasteiger charge is 2.23. The summed E-state index contributed by atoms with van der Waals surface area (Å²) in [6, 6.07) is 13.2. The molecule has 1 aliphatic heterocycles. The number of halogens is 1. The third-order valence-electron chi connectivity index (χ3n) is 5.85. The predicted molar refractivity (Wildman–Crippen MR) is 128 cm³/mol. The van der Waals surface area contributed by atoms with Gasteiger partial charge >= 0.3 is 0 Å². The summed E-state index contributed by atoms with van der Waals surface area (Å²) in [6.07, 6.45) is 3.62. The number of aromatic nitrogens is 1. The summed E-state index contributed by atoms with van der Waals surface area (Å²) >= 11 is 0. The standard InChI is InChI=1S/C26H27FN4O3/c1-2-9-29-25(33)18-3-6-21(7-4-18)30-10-12-31(13-11-30)26(34)19-5-8-23(24(27)15-19)20-14-22(32)17-28-16-20/h3-8,14-17,32H,2,9-13H2,1H3,(H,29,33). The molecule has 2 amide bonds. The van der Waals surface area contributed by atoms with Gasteiger partial charge in [0.15, 0.2) is 0 Å². The smallest absolute Gasteiger partial charge is 0.254 e. The molecule has 34 heavy (non-hydrogen) atoms. The van der Waals surface area contributed by atoms with Crippen molar-refractivity contribution in [3.8, 4) is 16.9 Å². The second kappa shape index (κ2) is 10.3. The summed E-state index contributed by atoms with van der Waals surface area (Å²) in [7, 11) is 0. The first kappa shape index (κ1) is 23.2. The quantitative estimate of drug-likeness (QED) is 0.584. The van der Waals surface area contributed by atoms with Gasteiger partial charge in [-0.25, -0.2) is 4.39 Å². The molecule has 8 heteroatoms. The average Bonchev–Trinajstić information content (AvgIpc) is 2.87. The van der Waals surface area contributed by atoms with E-state index in [1.807, 2.05) is 31.2 Å². The number of aromatic hydroxyl groups is 1. The number of piperazine rings is 1. The highest BCUT2D eigenvalue weighted by atomic mass is 19.1. The van der Waals surface area contributed by atoms with E-state index in [2.05, 4.69) is 15.2 Å². The Morgan fingerprint density at radius 2 is 1.71 bits per heavy atom. The van der Waals surface area contributed by atoms with Gasteiger partial charge in [0.2, 0.25) is 0 Å². The molecule has 176 valence electrons. The van der Waals surface area contributed by atoms with Crippen LogP contribution < -0.4 is 10.2 Å². The Balaban J connectivity index is 1.37. The largest absolute Gasteiger partial charge is 0.506 e. The molecule has 0 unspecified atom stereocenters. The highest BCUT2D eigenvalue weighted by Crippen LogP contribution is 2.26. The van der Waals surface area contributed by atoms with E-state index in [9.17, 15) is 19.1 Å². The van der Waals surface area contributed by atoms with Crippen LogP contribution in [0.25, 0.3) is 11.1 Å². The van der Waals surface area contributed by atoms with Gasteiger partial charge in [0.1, 0.15) is 11.6 Å². The lowest BCUT2D eigenvalue weighted by Crippen LogP contribution is -2.48. The maximum absolute atomic E-state index is 14.7. The van der Waals surface area contributed by atoms with Crippen LogP contribution in [-0.2, 0) is 0 Å². The maximum atomic E-state index is 14.7. The number of anilines is 1. The van der Waals surface area contributed by atoms with Crippen LogP contribution in [0.5, 0.6) is 5.75 Å². The Morgan fingerprint density at radius 1 is 1.00 bits per heavy atom. The summed E-state index contributed by atoms with van der Waals surface area (Å²) in [6.45, 7) is 4.96. The monoisotopic (exact) mass is 462 g/mol. The molecule has 2 aromatic carbocycles. The minimum Gasteiger partial charge on any atom is -0.506 e. The molecule has 2 heterocycles. The van der Waals surface area contributed by atoms with Crippen molar-refractivity contribution in [3.63, 3.8) is 0 Å². The second-order valence-electron chi connectivity index (χ2n) is 8.21. The molecule has 1 fully saturated rings. The number of amides is 2. The summed E-state index contributed by atoms with van der Waals surface area (Å²) in [5.41, 5.74) is 2.62. The molecule has 1 aliphatic rings. The normalized spacial score (nSPS) is 13.6. The van der Waals surface area contributed by atoms with Crippen molar-refractivity contribution < 1.29 is 19.1 Å². The van der Waals surface area contributed by atoms with E-state index in [-0.39, 0.29) is 28.7 Å². The molecule has 0 atom stereocenters. The molecule has 7 nitrogen and oxygen atoms in total. The third-order valence-corrected chi connectivity index (χ3v) is 5.85. The molecule has 0 saturated carbocycles. The summed E-state index contributed by atoms with van der Waals surface area (Å²) < 4.78 is 14.7. The first-order valence-corrected chi connectivity index (χ1v) is 11.3. The van der Waals surface area contributed by atoms with E-state index in [1.165, 1.54) is 30.6 Å². The molecule has 0 spiro atoms. The predicted octanol–water partition coefficient (Wildman–Crippen LogP) is 3.70. The Labute approximate surface area is 197 Å². The Hall–Kier alpha value is -3.94. The minimum absolute atomic E-state index is 0.0516. The minimum atomic E-state index is -0.542. The first-order valence-electron chi connectivity index (χ1n) is 11.3. The molecule has 1 aromatic heterocycles. The lowest BCUT2D eigenvalue weighted by atomic mass is 10.0. The topological polar surface area (TPSA) is 85.8 Å². The fourth-order valence-electron chi connectivity index (χ4n) is 3.97. The summed E-state index contributed by atoms with van der Waals surface area (Å²) in [4.78, 5) is 32.8. The van der Waals surface area contributed by atoms with Gasteiger partial charge < -0.3 is 20.2 Å². The molecule has 4 rings (SSSR count). The number of benzene rings is 2. The number of nitrogens with one attached hydrogen (secondary N) is 1. The van der Waals surface area contributed by atoms with Gasteiger partial charge in [-0.3, -0.25) is 14.6 Å². The van der Waals surface area contributed by atoms with Gasteiger partial charge in [0.25, 0.3) is 11.8 Å². The fourth-order valence-corrected chi connectivity index (χ4v) is 3.97. The van der Waals surface area contributed by atoms with E-state index < -0.39 is 5.82 Å². The van der Waals surface area contributed by atoms with Crippen LogP contribution in [0.15, 0.2) is 60.9 Å². The number of hydrogen-bond acceptors (Lipinski definition) is 5. The zero-order chi connectivity index (χ0) is 24.1. The van der Waals surface area contributed by atoms with Crippen LogP contribution in [0, 0.1) is 5.82 Å². The molecular weight excluding hydrogens is 435 g/mol. The van der Waals surface area contributed by atoms with Gasteiger partial charge in [-0.15, -0.1) is 0 Å². The van der Waals surface area contributed by atoms with Gasteiger partial charge in [-0.2, -0.15) is 0 Å². The van der Waals surface area contributed by atoms with Crippen LogP contribution >= 0.6 is 0 Å². The number of hydrogen-bond donors (Lipinski definition) is 2. The van der Waals surface area contributed by atoms with Gasteiger partial charge in [0, 0.05) is 66.9 Å². The lowest BCUT2D eigenvalue weighted by molar-refractivity contribution is 0.0746. The molecule has 0 bridgehead atoms. The summed E-state index contributed by atoms with van der Waals surface area (Å²) in [5, 5.41) is 12.4. The third kappa shape index (κ3) is 5.17. The van der Waals surface area contributed by atoms with Gasteiger partial charge in [0.05, 0.1) is 6.20 Å². The zero-order valence-electron chi connectivity index (χ0n) is 19.0. The van der Waals surface area contributed by atoms with E-state index >= 15 is 0 Å². The van der Waals surface area contributed by atoms with Gasteiger partial charge in [-0.1, -0.05) is 13.0 Å². The van der Waals surface area contributed by atoms with Crippen molar-refractivity contribution >= 4 is 17.5 Å². The number of nitrogens with zero attached hydrogens (tertiary/aromatic N) is 3. The van der Waals surface area contributed by atoms with Crippen LogP contribution in [0.4, 0.5) is 10.1 Å². The van der Waals surface area contributed by atoms with Crippen molar-refractivity contribution in [3.05, 3.63) is 77.9 Å². The number of carbonyl (C=O) groups is 2. The van der Waals surface area contributed by atoms with E-state index in [1.54, 1.807) is 11.0 Å². The highest BCUT2D eigenvalue weighted by molar-refractivity contribution is 5.95. The molecule has 3 aromatic rings. The average molecular weight is 463 g/mol. The van der Waals surface area contributed by atoms with Crippen LogP contribution in [0.2, 0.25) is 0 Å². The van der Waals surface area contributed by atoms with Gasteiger partial charge in [-0.05, 0) is 48.9 Å². The number of rotatable bonds is 6. The lowest BCUT2D eigenvalue weighted by Gasteiger charge is -2.36. The zero-order valence-corrected chi connectivity index (χ0v) is 19.0. The fraction of sp³-hybridized carbons (Fsp3) is 0.269. The van der Waals surface area contributed by atoms with E-state index in [0.29, 0.717) is 43.9 Å². The Morgan fingerprint density at radius 3 is 2.35 bits per heavy atom. The van der Waals surface area contributed by atoms with Crippen LogP contribution in [-0.4, -0.2) is 59.5 Å². The molecule has 0 radical (unpaired) electrons. The number of pyridine rings is 1. The van der Waals surface area contributed by atoms with Crippen molar-refractivity contribution in [1.29, 1.82) is 0 Å². The van der Waals surface area contributed by atoms with E-state index in [0.717, 1.165) is 12.1 Å². The molecule has 2 N–H and O–H groups in total. The summed E-state index contributed by atoms with van der Waals surface area (Å²) in [5.74, 6) is -0.895. The Bertz CT molecular complexity index is 1170. The first-order chi connectivity index (χ1) is 16.5. The van der Waals surface area contributed by atoms with Crippen LogP contribution in [0.1, 0.15) is 34.1 Å². The Kier molecular flexibility index (Phi) is 7.06. The van der Waals surface area contributed by atoms with Crippen molar-refractivity contribution in [2.45, 2.75) is 13.3 Å².